The molecule has 0 saturated carbocycles. The molecule has 0 radical (unpaired) electrons. The molecule has 0 aliphatic carbocycles. The summed E-state index contributed by atoms with van der Waals surface area (Å²) in [6.45, 7) is 3.68. The van der Waals surface area contributed by atoms with Crippen molar-refractivity contribution in [2.45, 2.75) is 19.9 Å². The topological polar surface area (TPSA) is 89.2 Å². The molecule has 1 aromatic heterocycles. The first-order valence-electron chi connectivity index (χ1n) is 5.39. The standard InChI is InChI=1S/C11H18N4O2/c1-7(2)14-10(16)5-13-11(17)9-4-8(12)6-15(9)3/h4,6-7H,5,12H2,1-3H3,(H,13,17)(H,14,16). The van der Waals surface area contributed by atoms with Crippen molar-refractivity contribution in [1.29, 1.82) is 0 Å². The number of hydrogen-bond acceptors (Lipinski definition) is 3. The molecular formula is C11H18N4O2. The minimum absolute atomic E-state index is 0.0396. The summed E-state index contributed by atoms with van der Waals surface area (Å²) in [5.74, 6) is -0.529. The maximum Gasteiger partial charge on any atom is 0.268 e. The molecule has 6 nitrogen and oxygen atoms in total. The van der Waals surface area contributed by atoms with E-state index in [0.29, 0.717) is 11.4 Å². The van der Waals surface area contributed by atoms with Crippen molar-refractivity contribution in [3.8, 4) is 0 Å². The van der Waals surface area contributed by atoms with E-state index in [1.807, 2.05) is 13.8 Å². The number of nitrogens with one attached hydrogen (secondary N) is 2. The lowest BCUT2D eigenvalue weighted by molar-refractivity contribution is -0.120. The first kappa shape index (κ1) is 13.1. The van der Waals surface area contributed by atoms with Crippen molar-refractivity contribution in [2.75, 3.05) is 12.3 Å². The number of amides is 2. The van der Waals surface area contributed by atoms with Gasteiger partial charge in [-0.2, -0.15) is 0 Å². The molecule has 1 heterocycles. The van der Waals surface area contributed by atoms with Crippen LogP contribution in [0.2, 0.25) is 0 Å². The molecule has 0 fully saturated rings. The van der Waals surface area contributed by atoms with E-state index in [1.54, 1.807) is 23.9 Å². The average Bonchev–Trinajstić information content (AvgIpc) is 2.53. The minimum atomic E-state index is -0.317. The predicted octanol–water partition coefficient (Wildman–Crippen LogP) is -0.138. The number of nitrogens with two attached hydrogens (primary N) is 1. The monoisotopic (exact) mass is 238 g/mol. The molecule has 1 aromatic rings. The van der Waals surface area contributed by atoms with Crippen LogP contribution in [0.4, 0.5) is 5.69 Å². The Morgan fingerprint density at radius 1 is 1.47 bits per heavy atom. The highest BCUT2D eigenvalue weighted by Crippen LogP contribution is 2.07. The Kier molecular flexibility index (Phi) is 4.14. The van der Waals surface area contributed by atoms with E-state index in [2.05, 4.69) is 10.6 Å². The number of rotatable bonds is 4. The summed E-state index contributed by atoms with van der Waals surface area (Å²) < 4.78 is 1.62. The molecule has 0 unspecified atom stereocenters. The van der Waals surface area contributed by atoms with Crippen LogP contribution in [-0.2, 0) is 11.8 Å². The largest absolute Gasteiger partial charge is 0.397 e. The van der Waals surface area contributed by atoms with E-state index in [0.717, 1.165) is 0 Å². The minimum Gasteiger partial charge on any atom is -0.397 e. The zero-order valence-electron chi connectivity index (χ0n) is 10.3. The van der Waals surface area contributed by atoms with Crippen molar-refractivity contribution in [1.82, 2.24) is 15.2 Å². The molecule has 4 N–H and O–H groups in total. The van der Waals surface area contributed by atoms with Gasteiger partial charge < -0.3 is 20.9 Å². The van der Waals surface area contributed by atoms with Gasteiger partial charge in [-0.1, -0.05) is 0 Å². The zero-order valence-corrected chi connectivity index (χ0v) is 10.3. The van der Waals surface area contributed by atoms with Crippen LogP contribution >= 0.6 is 0 Å². The van der Waals surface area contributed by atoms with E-state index in [1.165, 1.54) is 0 Å². The second-order valence-corrected chi connectivity index (χ2v) is 4.17. The van der Waals surface area contributed by atoms with Gasteiger partial charge in [0.15, 0.2) is 0 Å². The molecule has 0 aromatic carbocycles. The fourth-order valence-corrected chi connectivity index (χ4v) is 1.44. The highest BCUT2D eigenvalue weighted by atomic mass is 16.2. The second kappa shape index (κ2) is 5.38. The van der Waals surface area contributed by atoms with Crippen molar-refractivity contribution in [3.63, 3.8) is 0 Å². The number of aryl methyl sites for hydroxylation is 1. The van der Waals surface area contributed by atoms with Crippen LogP contribution in [0.3, 0.4) is 0 Å². The van der Waals surface area contributed by atoms with Crippen LogP contribution in [0.25, 0.3) is 0 Å². The number of nitrogen functional groups attached to an aromatic ring is 1. The van der Waals surface area contributed by atoms with E-state index in [4.69, 9.17) is 5.73 Å². The highest BCUT2D eigenvalue weighted by Gasteiger charge is 2.12. The maximum atomic E-state index is 11.7. The van der Waals surface area contributed by atoms with Gasteiger partial charge in [0.2, 0.25) is 5.91 Å². The Morgan fingerprint density at radius 2 is 2.12 bits per heavy atom. The maximum absolute atomic E-state index is 11.7. The van der Waals surface area contributed by atoms with Crippen LogP contribution < -0.4 is 16.4 Å². The summed E-state index contributed by atoms with van der Waals surface area (Å²) in [7, 11) is 1.72. The van der Waals surface area contributed by atoms with Crippen LogP contribution in [0.5, 0.6) is 0 Å². The highest BCUT2D eigenvalue weighted by molar-refractivity contribution is 5.96. The van der Waals surface area contributed by atoms with Gasteiger partial charge in [-0.05, 0) is 19.9 Å². The molecule has 0 aliphatic heterocycles. The second-order valence-electron chi connectivity index (χ2n) is 4.17. The van der Waals surface area contributed by atoms with Gasteiger partial charge in [0.1, 0.15) is 5.69 Å². The number of aromatic nitrogens is 1. The SMILES string of the molecule is CC(C)NC(=O)CNC(=O)c1cc(N)cn1C. The molecule has 6 heteroatoms. The molecule has 94 valence electrons. The molecule has 17 heavy (non-hydrogen) atoms. The zero-order chi connectivity index (χ0) is 13.0. The Balaban J connectivity index is 2.50. The fourth-order valence-electron chi connectivity index (χ4n) is 1.44. The average molecular weight is 238 g/mol. The Hall–Kier alpha value is -1.98. The van der Waals surface area contributed by atoms with Crippen molar-refractivity contribution < 1.29 is 9.59 Å². The molecular weight excluding hydrogens is 220 g/mol. The van der Waals surface area contributed by atoms with Crippen LogP contribution in [0, 0.1) is 0 Å². The van der Waals surface area contributed by atoms with Crippen LogP contribution in [0.1, 0.15) is 24.3 Å². The number of anilines is 1. The third-order valence-corrected chi connectivity index (χ3v) is 2.12. The van der Waals surface area contributed by atoms with Gasteiger partial charge >= 0.3 is 0 Å². The van der Waals surface area contributed by atoms with Gasteiger partial charge in [0, 0.05) is 19.3 Å². The Morgan fingerprint density at radius 3 is 2.59 bits per heavy atom. The van der Waals surface area contributed by atoms with Crippen molar-refractivity contribution in [2.24, 2.45) is 7.05 Å². The Labute approximate surface area is 100 Å². The van der Waals surface area contributed by atoms with Crippen molar-refractivity contribution >= 4 is 17.5 Å². The quantitative estimate of drug-likeness (QED) is 0.682. The molecule has 0 bridgehead atoms. The number of carbonyl (C=O) groups excluding carboxylic acids is 2. The lowest BCUT2D eigenvalue weighted by atomic mass is 10.3. The summed E-state index contributed by atoms with van der Waals surface area (Å²) in [5, 5.41) is 5.22. The molecule has 0 saturated heterocycles. The predicted molar refractivity (Wildman–Crippen MR) is 65.4 cm³/mol. The number of nitrogens with zero attached hydrogens (tertiary/aromatic N) is 1. The lowest BCUT2D eigenvalue weighted by Gasteiger charge is -2.09. The molecule has 2 amide bonds. The normalized spacial score (nSPS) is 10.4. The lowest BCUT2D eigenvalue weighted by Crippen LogP contribution is -2.40. The van der Waals surface area contributed by atoms with E-state index >= 15 is 0 Å². The first-order chi connectivity index (χ1) is 7.90. The third-order valence-electron chi connectivity index (χ3n) is 2.12. The molecule has 0 aliphatic rings. The number of hydrogen-bond donors (Lipinski definition) is 3. The van der Waals surface area contributed by atoms with E-state index in [-0.39, 0.29) is 24.4 Å². The summed E-state index contributed by atoms with van der Waals surface area (Å²) in [4.78, 5) is 23.0. The van der Waals surface area contributed by atoms with Gasteiger partial charge in [0.25, 0.3) is 5.91 Å². The molecule has 1 rings (SSSR count). The van der Waals surface area contributed by atoms with Gasteiger partial charge in [-0.25, -0.2) is 0 Å². The number of carbonyl (C=O) groups is 2. The van der Waals surface area contributed by atoms with E-state index < -0.39 is 0 Å². The van der Waals surface area contributed by atoms with Crippen LogP contribution in [0.15, 0.2) is 12.3 Å². The van der Waals surface area contributed by atoms with Gasteiger partial charge in [-0.3, -0.25) is 9.59 Å². The summed E-state index contributed by atoms with van der Waals surface area (Å²) in [6, 6.07) is 1.63. The van der Waals surface area contributed by atoms with Crippen molar-refractivity contribution in [3.05, 3.63) is 18.0 Å². The first-order valence-corrected chi connectivity index (χ1v) is 5.39. The van der Waals surface area contributed by atoms with Gasteiger partial charge in [-0.15, -0.1) is 0 Å². The third kappa shape index (κ3) is 3.82. The van der Waals surface area contributed by atoms with Crippen LogP contribution in [-0.4, -0.2) is 29.0 Å². The summed E-state index contributed by atoms with van der Waals surface area (Å²) in [6.07, 6.45) is 1.64. The molecule has 0 spiro atoms. The van der Waals surface area contributed by atoms with Gasteiger partial charge in [0.05, 0.1) is 12.2 Å². The Bertz CT molecular complexity index is 423. The fraction of sp³-hybridized carbons (Fsp3) is 0.455. The molecule has 0 atom stereocenters. The summed E-state index contributed by atoms with van der Waals surface area (Å²) >= 11 is 0. The van der Waals surface area contributed by atoms with E-state index in [9.17, 15) is 9.59 Å². The smallest absolute Gasteiger partial charge is 0.268 e. The summed E-state index contributed by atoms with van der Waals surface area (Å²) in [5.41, 5.74) is 6.51.